The van der Waals surface area contributed by atoms with Crippen molar-refractivity contribution in [3.63, 3.8) is 0 Å². The van der Waals surface area contributed by atoms with Gasteiger partial charge in [-0.3, -0.25) is 14.3 Å². The van der Waals surface area contributed by atoms with E-state index in [9.17, 15) is 9.59 Å². The first-order valence-electron chi connectivity index (χ1n) is 6.73. The standard InChI is InChI=1S/C14H18N4O3/c1-3-11(18-8-4-7-17-18)13(19)16-9-10-5-6-12(21-10)14(20)15-2/h4-8,11H,3,9H2,1-2H3,(H,15,20)(H,16,19). The first-order valence-corrected chi connectivity index (χ1v) is 6.73. The minimum atomic E-state index is -0.353. The smallest absolute Gasteiger partial charge is 0.286 e. The predicted octanol–water partition coefficient (Wildman–Crippen LogP) is 1.10. The summed E-state index contributed by atoms with van der Waals surface area (Å²) in [7, 11) is 1.53. The normalized spacial score (nSPS) is 11.9. The molecule has 2 heterocycles. The van der Waals surface area contributed by atoms with Gasteiger partial charge in [0, 0.05) is 19.4 Å². The second-order valence-corrected chi connectivity index (χ2v) is 4.47. The maximum atomic E-state index is 12.1. The lowest BCUT2D eigenvalue weighted by atomic mass is 10.2. The third kappa shape index (κ3) is 3.50. The molecule has 7 nitrogen and oxygen atoms in total. The molecule has 0 aliphatic carbocycles. The highest BCUT2D eigenvalue weighted by atomic mass is 16.4. The number of aromatic nitrogens is 2. The van der Waals surface area contributed by atoms with E-state index in [1.807, 2.05) is 6.92 Å². The van der Waals surface area contributed by atoms with E-state index >= 15 is 0 Å². The highest BCUT2D eigenvalue weighted by Gasteiger charge is 2.18. The van der Waals surface area contributed by atoms with E-state index < -0.39 is 0 Å². The number of rotatable bonds is 6. The van der Waals surface area contributed by atoms with Gasteiger partial charge in [-0.2, -0.15) is 5.10 Å². The fourth-order valence-electron chi connectivity index (χ4n) is 1.97. The predicted molar refractivity (Wildman–Crippen MR) is 75.5 cm³/mol. The zero-order valence-electron chi connectivity index (χ0n) is 12.0. The Balaban J connectivity index is 1.94. The number of nitrogens with one attached hydrogen (secondary N) is 2. The van der Waals surface area contributed by atoms with Crippen LogP contribution in [-0.2, 0) is 11.3 Å². The topological polar surface area (TPSA) is 89.2 Å². The Kier molecular flexibility index (Phi) is 4.76. The largest absolute Gasteiger partial charge is 0.454 e. The maximum absolute atomic E-state index is 12.1. The van der Waals surface area contributed by atoms with Crippen LogP contribution in [0.25, 0.3) is 0 Å². The molecule has 0 aromatic carbocycles. The SMILES string of the molecule is CCC(C(=O)NCc1ccc(C(=O)NC)o1)n1cccn1. The second-order valence-electron chi connectivity index (χ2n) is 4.47. The van der Waals surface area contributed by atoms with Gasteiger partial charge >= 0.3 is 0 Å². The first kappa shape index (κ1) is 14.8. The van der Waals surface area contributed by atoms with Crippen LogP contribution in [-0.4, -0.2) is 28.6 Å². The van der Waals surface area contributed by atoms with Crippen molar-refractivity contribution < 1.29 is 14.0 Å². The molecule has 0 saturated heterocycles. The molecule has 2 N–H and O–H groups in total. The number of hydrogen-bond acceptors (Lipinski definition) is 4. The Morgan fingerprint density at radius 1 is 1.43 bits per heavy atom. The average Bonchev–Trinajstić information content (AvgIpc) is 3.16. The molecule has 7 heteroatoms. The molecular weight excluding hydrogens is 272 g/mol. The number of carbonyl (C=O) groups is 2. The molecule has 0 aliphatic rings. The Hall–Kier alpha value is -2.57. The minimum absolute atomic E-state index is 0.140. The van der Waals surface area contributed by atoms with Crippen LogP contribution in [0.2, 0.25) is 0 Å². The van der Waals surface area contributed by atoms with Gasteiger partial charge in [0.1, 0.15) is 11.8 Å². The Morgan fingerprint density at radius 2 is 2.24 bits per heavy atom. The molecule has 0 bridgehead atoms. The van der Waals surface area contributed by atoms with Crippen molar-refractivity contribution in [2.45, 2.75) is 25.9 Å². The van der Waals surface area contributed by atoms with Gasteiger partial charge in [-0.1, -0.05) is 6.92 Å². The van der Waals surface area contributed by atoms with E-state index in [0.29, 0.717) is 12.2 Å². The van der Waals surface area contributed by atoms with Crippen molar-refractivity contribution in [3.8, 4) is 0 Å². The molecule has 2 aromatic heterocycles. The highest BCUT2D eigenvalue weighted by Crippen LogP contribution is 2.11. The van der Waals surface area contributed by atoms with E-state index in [4.69, 9.17) is 4.42 Å². The molecule has 2 amide bonds. The van der Waals surface area contributed by atoms with Crippen LogP contribution in [0.15, 0.2) is 35.0 Å². The zero-order chi connectivity index (χ0) is 15.2. The summed E-state index contributed by atoms with van der Waals surface area (Å²) in [4.78, 5) is 23.5. The van der Waals surface area contributed by atoms with Gasteiger partial charge in [-0.05, 0) is 24.6 Å². The lowest BCUT2D eigenvalue weighted by molar-refractivity contribution is -0.125. The van der Waals surface area contributed by atoms with Gasteiger partial charge in [0.2, 0.25) is 5.91 Å². The van der Waals surface area contributed by atoms with Gasteiger partial charge in [-0.25, -0.2) is 0 Å². The summed E-state index contributed by atoms with van der Waals surface area (Å²) < 4.78 is 6.96. The molecule has 0 fully saturated rings. The van der Waals surface area contributed by atoms with Crippen LogP contribution in [0, 0.1) is 0 Å². The Labute approximate surface area is 122 Å². The first-order chi connectivity index (χ1) is 10.2. The van der Waals surface area contributed by atoms with Gasteiger partial charge in [0.25, 0.3) is 5.91 Å². The van der Waals surface area contributed by atoms with Crippen molar-refractivity contribution in [1.29, 1.82) is 0 Å². The summed E-state index contributed by atoms with van der Waals surface area (Å²) in [6, 6.07) is 4.66. The lowest BCUT2D eigenvalue weighted by Crippen LogP contribution is -2.32. The van der Waals surface area contributed by atoms with Gasteiger partial charge in [0.15, 0.2) is 5.76 Å². The summed E-state index contributed by atoms with van der Waals surface area (Å²) >= 11 is 0. The quantitative estimate of drug-likeness (QED) is 0.834. The molecule has 112 valence electrons. The van der Waals surface area contributed by atoms with Gasteiger partial charge in [0.05, 0.1) is 6.54 Å². The summed E-state index contributed by atoms with van der Waals surface area (Å²) in [5.41, 5.74) is 0. The van der Waals surface area contributed by atoms with E-state index in [1.165, 1.54) is 7.05 Å². The van der Waals surface area contributed by atoms with Crippen molar-refractivity contribution >= 4 is 11.8 Å². The monoisotopic (exact) mass is 290 g/mol. The van der Waals surface area contributed by atoms with Crippen LogP contribution < -0.4 is 10.6 Å². The zero-order valence-corrected chi connectivity index (χ0v) is 12.0. The number of hydrogen-bond donors (Lipinski definition) is 2. The molecule has 2 aromatic rings. The van der Waals surface area contributed by atoms with Crippen molar-refractivity contribution in [3.05, 3.63) is 42.1 Å². The number of carbonyl (C=O) groups excluding carboxylic acids is 2. The molecule has 2 rings (SSSR count). The fraction of sp³-hybridized carbons (Fsp3) is 0.357. The van der Waals surface area contributed by atoms with E-state index in [0.717, 1.165) is 0 Å². The van der Waals surface area contributed by atoms with Crippen molar-refractivity contribution in [1.82, 2.24) is 20.4 Å². The summed E-state index contributed by atoms with van der Waals surface area (Å²) in [6.07, 6.45) is 4.03. The van der Waals surface area contributed by atoms with Crippen LogP contribution in [0.4, 0.5) is 0 Å². The fourth-order valence-corrected chi connectivity index (χ4v) is 1.97. The molecule has 1 unspecified atom stereocenters. The average molecular weight is 290 g/mol. The number of furan rings is 1. The lowest BCUT2D eigenvalue weighted by Gasteiger charge is -2.14. The number of nitrogens with zero attached hydrogens (tertiary/aromatic N) is 2. The Morgan fingerprint density at radius 3 is 2.86 bits per heavy atom. The Bertz CT molecular complexity index is 604. The molecule has 0 spiro atoms. The van der Waals surface area contributed by atoms with Gasteiger partial charge in [-0.15, -0.1) is 0 Å². The second kappa shape index (κ2) is 6.74. The third-order valence-electron chi connectivity index (χ3n) is 3.08. The third-order valence-corrected chi connectivity index (χ3v) is 3.08. The van der Waals surface area contributed by atoms with Crippen LogP contribution in [0.1, 0.15) is 35.7 Å². The molecule has 21 heavy (non-hydrogen) atoms. The molecule has 0 aliphatic heterocycles. The van der Waals surface area contributed by atoms with Crippen molar-refractivity contribution in [2.75, 3.05) is 7.05 Å². The molecular formula is C14H18N4O3. The summed E-state index contributed by atoms with van der Waals surface area (Å²) in [5.74, 6) is 0.313. The summed E-state index contributed by atoms with van der Waals surface area (Å²) in [6.45, 7) is 2.15. The van der Waals surface area contributed by atoms with Crippen LogP contribution in [0.5, 0.6) is 0 Å². The highest BCUT2D eigenvalue weighted by molar-refractivity contribution is 5.91. The van der Waals surface area contributed by atoms with Crippen molar-refractivity contribution in [2.24, 2.45) is 0 Å². The number of amides is 2. The molecule has 0 radical (unpaired) electrons. The van der Waals surface area contributed by atoms with E-state index in [1.54, 1.807) is 35.3 Å². The molecule has 0 saturated carbocycles. The van der Waals surface area contributed by atoms with Gasteiger partial charge < -0.3 is 15.1 Å². The minimum Gasteiger partial charge on any atom is -0.454 e. The summed E-state index contributed by atoms with van der Waals surface area (Å²) in [5, 5.41) is 9.34. The van der Waals surface area contributed by atoms with Crippen LogP contribution in [0.3, 0.4) is 0 Å². The maximum Gasteiger partial charge on any atom is 0.286 e. The van der Waals surface area contributed by atoms with E-state index in [-0.39, 0.29) is 30.2 Å². The van der Waals surface area contributed by atoms with E-state index in [2.05, 4.69) is 15.7 Å². The van der Waals surface area contributed by atoms with Crippen LogP contribution >= 0.6 is 0 Å². The molecule has 1 atom stereocenters.